The second-order valence-corrected chi connectivity index (χ2v) is 24.1. The van der Waals surface area contributed by atoms with Gasteiger partial charge in [0, 0.05) is 24.1 Å². The Balaban J connectivity index is 1.52. The van der Waals surface area contributed by atoms with Crippen LogP contribution >= 0.6 is 15.0 Å². The Labute approximate surface area is 336 Å². The van der Waals surface area contributed by atoms with Crippen LogP contribution in [-0.2, 0) is 48.4 Å². The Hall–Kier alpha value is -3.03. The maximum atomic E-state index is 13.2. The lowest BCUT2D eigenvalue weighted by Crippen LogP contribution is -2.50. The van der Waals surface area contributed by atoms with Crippen molar-refractivity contribution < 1.29 is 46.6 Å². The second-order valence-electron chi connectivity index (χ2n) is 15.6. The van der Waals surface area contributed by atoms with E-state index in [4.69, 9.17) is 39.1 Å². The number of hydrogen-bond acceptors (Lipinski definition) is 17. The molecule has 0 bridgehead atoms. The average Bonchev–Trinajstić information content (AvgIpc) is 3.82. The molecule has 1 aliphatic carbocycles. The van der Waals surface area contributed by atoms with Crippen molar-refractivity contribution in [3.8, 4) is 6.07 Å². The Morgan fingerprint density at radius 2 is 2.02 bits per heavy atom. The molecule has 1 saturated heterocycles. The molecule has 2 fully saturated rings. The number of ether oxygens (including phenoxy) is 1. The van der Waals surface area contributed by atoms with E-state index >= 15 is 0 Å². The molecule has 24 heteroatoms. The summed E-state index contributed by atoms with van der Waals surface area (Å²) >= 11 is 6.03. The Kier molecular flexibility index (Phi) is 15.0. The van der Waals surface area contributed by atoms with Gasteiger partial charge < -0.3 is 38.1 Å². The van der Waals surface area contributed by atoms with E-state index in [9.17, 15) is 29.4 Å². The van der Waals surface area contributed by atoms with Crippen LogP contribution in [0.15, 0.2) is 29.7 Å². The van der Waals surface area contributed by atoms with E-state index < -0.39 is 77.9 Å². The van der Waals surface area contributed by atoms with Crippen molar-refractivity contribution in [1.29, 1.82) is 5.26 Å². The van der Waals surface area contributed by atoms with Crippen molar-refractivity contribution in [3.63, 3.8) is 0 Å². The highest BCUT2D eigenvalue weighted by Gasteiger charge is 2.54. The van der Waals surface area contributed by atoms with Crippen molar-refractivity contribution in [2.24, 2.45) is 11.8 Å². The summed E-state index contributed by atoms with van der Waals surface area (Å²) < 4.78 is 51.3. The van der Waals surface area contributed by atoms with Gasteiger partial charge >= 0.3 is 15.0 Å². The smallest absolute Gasteiger partial charge is 0.327 e. The highest BCUT2D eigenvalue weighted by atomic mass is 32.5. The molecule has 1 saturated carbocycles. The molecule has 2 aliphatic rings. The minimum absolute atomic E-state index is 0.0353. The van der Waals surface area contributed by atoms with E-state index in [0.717, 1.165) is 0 Å². The predicted molar refractivity (Wildman–Crippen MR) is 214 cm³/mol. The Bertz CT molecular complexity index is 2030. The first kappa shape index (κ1) is 45.1. The second kappa shape index (κ2) is 18.9. The largest absolute Gasteiger partial charge is 0.408 e. The number of amides is 1. The molecular weight excluding hydrogens is 821 g/mol. The normalized spacial score (nSPS) is 25.7. The van der Waals surface area contributed by atoms with E-state index in [1.165, 1.54) is 17.2 Å². The third-order valence-electron chi connectivity index (χ3n) is 10.2. The number of aromatic nitrogens is 6. The van der Waals surface area contributed by atoms with Crippen LogP contribution in [0.1, 0.15) is 60.1 Å². The molecule has 1 unspecified atom stereocenters. The van der Waals surface area contributed by atoms with Crippen molar-refractivity contribution in [3.05, 3.63) is 35.3 Å². The van der Waals surface area contributed by atoms with Gasteiger partial charge in [-0.1, -0.05) is 34.6 Å². The quantitative estimate of drug-likeness (QED) is 0.0687. The summed E-state index contributed by atoms with van der Waals surface area (Å²) in [5.74, 6) is -0.791. The summed E-state index contributed by atoms with van der Waals surface area (Å²) in [7, 11) is -5.98. The summed E-state index contributed by atoms with van der Waals surface area (Å²) in [6.07, 6.45) is 0.0695. The summed E-state index contributed by atoms with van der Waals surface area (Å²) in [5, 5.41) is 25.7. The number of aromatic amines is 1. The summed E-state index contributed by atoms with van der Waals surface area (Å²) in [5.41, 5.74) is -0.649. The van der Waals surface area contributed by atoms with Gasteiger partial charge in [-0.25, -0.2) is 15.0 Å². The fourth-order valence-corrected chi connectivity index (χ4v) is 10.1. The first-order valence-corrected chi connectivity index (χ1v) is 25.2. The monoisotopic (exact) mass is 871 g/mol. The number of rotatable bonds is 18. The van der Waals surface area contributed by atoms with Gasteiger partial charge in [0.15, 0.2) is 25.7 Å². The number of H-pyrrole nitrogens is 1. The number of anilines is 2. The third-order valence-corrected chi connectivity index (χ3v) is 17.5. The molecule has 0 radical (unpaired) electrons. The summed E-state index contributed by atoms with van der Waals surface area (Å²) in [4.78, 5) is 54.9. The summed E-state index contributed by atoms with van der Waals surface area (Å²) in [6, 6.07) is 3.51. The number of nitrogens with one attached hydrogen (secondary N) is 3. The number of fused-ring (bicyclic) bond motifs is 1. The van der Waals surface area contributed by atoms with Gasteiger partial charge in [-0.05, 0) is 48.8 Å². The molecule has 314 valence electrons. The van der Waals surface area contributed by atoms with Crippen molar-refractivity contribution >= 4 is 63.9 Å². The number of nitriles is 1. The maximum absolute atomic E-state index is 13.2. The van der Waals surface area contributed by atoms with Crippen LogP contribution in [0.2, 0.25) is 18.1 Å². The van der Waals surface area contributed by atoms with Gasteiger partial charge in [0.05, 0.1) is 44.7 Å². The minimum Gasteiger partial charge on any atom is -0.408 e. The Morgan fingerprint density at radius 1 is 1.26 bits per heavy atom. The Morgan fingerprint density at radius 3 is 2.65 bits per heavy atom. The fourth-order valence-electron chi connectivity index (χ4n) is 6.16. The van der Waals surface area contributed by atoms with Gasteiger partial charge in [0.1, 0.15) is 30.5 Å². The van der Waals surface area contributed by atoms with E-state index in [1.807, 2.05) is 19.2 Å². The standard InChI is InChI=1S/C33H51N9O11P2SSi/c1-19(2)29(44)40-32-39-28-25(30(45)41-32)37-18-42(28)31-27(26(23(15-43)50-31)53-57(6,7)33(3,4)5)52-55(56,48-12-8-10-34)49-16-20-13-21(14-22(20)51-54(46)47)38-24-9-11-35-17-36-24/h9,11,17-23,26-27,31,43,54H,8,12-16H2,1-7H3,(H,46,47)(H,35,36,38)(H2,39,40,41,44,45)/t20-,21-,22+,23-,26-,27-,31-,55-/m1/s1. The predicted octanol–water partition coefficient (Wildman–Crippen LogP) is 4.00. The summed E-state index contributed by atoms with van der Waals surface area (Å²) in [6.45, 7) is 8.94. The molecule has 1 aliphatic heterocycles. The minimum atomic E-state index is -3.88. The van der Waals surface area contributed by atoms with Gasteiger partial charge in [0.2, 0.25) is 11.9 Å². The highest BCUT2D eigenvalue weighted by molar-refractivity contribution is 8.07. The molecule has 3 aromatic rings. The van der Waals surface area contributed by atoms with Gasteiger partial charge in [-0.3, -0.25) is 33.5 Å². The van der Waals surface area contributed by atoms with Crippen LogP contribution in [0.4, 0.5) is 11.8 Å². The lowest BCUT2D eigenvalue weighted by atomic mass is 10.1. The van der Waals surface area contributed by atoms with Gasteiger partial charge in [-0.2, -0.15) is 10.2 Å². The first-order valence-electron chi connectivity index (χ1n) is 18.4. The van der Waals surface area contributed by atoms with Crippen LogP contribution in [0.25, 0.3) is 11.2 Å². The van der Waals surface area contributed by atoms with Crippen LogP contribution in [0, 0.1) is 23.2 Å². The van der Waals surface area contributed by atoms with Crippen molar-refractivity contribution in [2.75, 3.05) is 30.5 Å². The van der Waals surface area contributed by atoms with E-state index in [2.05, 4.69) is 56.3 Å². The molecule has 4 heterocycles. The number of aliphatic hydroxyl groups is 1. The van der Waals surface area contributed by atoms with Crippen molar-refractivity contribution in [2.45, 2.75) is 109 Å². The van der Waals surface area contributed by atoms with Gasteiger partial charge in [0.25, 0.3) is 5.56 Å². The van der Waals surface area contributed by atoms with Crippen LogP contribution in [0.3, 0.4) is 0 Å². The van der Waals surface area contributed by atoms with E-state index in [-0.39, 0.29) is 53.7 Å². The van der Waals surface area contributed by atoms with Crippen LogP contribution in [0.5, 0.6) is 0 Å². The number of carbonyl (C=O) groups is 1. The van der Waals surface area contributed by atoms with Gasteiger partial charge in [-0.15, -0.1) is 0 Å². The van der Waals surface area contributed by atoms with Crippen LogP contribution < -0.4 is 16.2 Å². The zero-order valence-electron chi connectivity index (χ0n) is 32.8. The molecule has 20 nitrogen and oxygen atoms in total. The average molecular weight is 872 g/mol. The molecule has 0 aromatic carbocycles. The van der Waals surface area contributed by atoms with Crippen LogP contribution in [-0.4, -0.2) is 104 Å². The lowest BCUT2D eigenvalue weighted by molar-refractivity contribution is -0.118. The zero-order chi connectivity index (χ0) is 41.7. The maximum Gasteiger partial charge on any atom is 0.327 e. The molecule has 57 heavy (non-hydrogen) atoms. The molecule has 0 spiro atoms. The number of nitrogens with zero attached hydrogens (tertiary/aromatic N) is 6. The van der Waals surface area contributed by atoms with E-state index in [0.29, 0.717) is 18.7 Å². The zero-order valence-corrected chi connectivity index (χ0v) is 36.5. The molecule has 5 rings (SSSR count). The van der Waals surface area contributed by atoms with E-state index in [1.54, 1.807) is 26.1 Å². The molecule has 1 amide bonds. The lowest BCUT2D eigenvalue weighted by Gasteiger charge is -2.41. The number of hydrogen-bond donors (Lipinski definition) is 5. The third kappa shape index (κ3) is 11.2. The number of carbonyl (C=O) groups excluding carboxylic acids is 1. The fraction of sp³-hybridized carbons (Fsp3) is 0.667. The SMILES string of the molecule is CC(C)C(=O)Nc1nc2c(ncn2[C@@H]2O[C@H](CO)[C@@H](O[Si](C)(C)C(C)(C)C)[C@H]2O[P@@](=S)(OCCC#N)OC[C@H]2C[C@@H](Nc3ccncn3)C[C@@H]2O[PH](=O)O)c(=O)[nH]1. The topological polar surface area (TPSA) is 267 Å². The molecule has 9 atom stereocenters. The first-order chi connectivity index (χ1) is 26.8. The molecule has 3 aromatic heterocycles. The number of aliphatic hydroxyl groups excluding tert-OH is 1. The highest BCUT2D eigenvalue weighted by Crippen LogP contribution is 2.56. The molecular formula is C33H51N9O11P2SSi. The van der Waals surface area contributed by atoms with Crippen molar-refractivity contribution in [1.82, 2.24) is 29.5 Å². The molecule has 5 N–H and O–H groups in total. The number of imidazole rings is 1.